The minimum absolute atomic E-state index is 0.0987. The van der Waals surface area contributed by atoms with Gasteiger partial charge in [0.2, 0.25) is 17.1 Å². The van der Waals surface area contributed by atoms with Crippen molar-refractivity contribution in [3.05, 3.63) is 60.2 Å². The first-order valence-corrected chi connectivity index (χ1v) is 21.1. The number of Topliss-reactive ketones (excluding diaryl/α,β-unsaturated/α-hetero) is 2. The lowest BCUT2D eigenvalue weighted by Crippen LogP contribution is -2.64. The van der Waals surface area contributed by atoms with E-state index in [-0.39, 0.29) is 11.6 Å². The number of hydrogen-bond donors (Lipinski definition) is 0. The Kier molecular flexibility index (Phi) is 27.3. The minimum atomic E-state index is -1.14. The molecule has 49 heavy (non-hydrogen) atoms. The number of hydrogen-bond acceptors (Lipinski definition) is 2. The van der Waals surface area contributed by atoms with Crippen LogP contribution in [0.2, 0.25) is 0 Å². The second kappa shape index (κ2) is 29.7. The van der Waals surface area contributed by atoms with Crippen molar-refractivity contribution >= 4 is 11.6 Å². The van der Waals surface area contributed by atoms with Gasteiger partial charge in [-0.05, 0) is 64.2 Å². The Bertz CT molecular complexity index is 934. The molecule has 280 valence electrons. The van der Waals surface area contributed by atoms with E-state index in [9.17, 15) is 9.59 Å². The van der Waals surface area contributed by atoms with Crippen molar-refractivity contribution in [2.75, 3.05) is 21.1 Å². The van der Waals surface area contributed by atoms with Crippen LogP contribution >= 0.6 is 0 Å². The van der Waals surface area contributed by atoms with Crippen LogP contribution in [0.4, 0.5) is 0 Å². The van der Waals surface area contributed by atoms with Gasteiger partial charge in [-0.2, -0.15) is 0 Å². The number of rotatable bonds is 34. The van der Waals surface area contributed by atoms with Crippen molar-refractivity contribution in [3.8, 4) is 0 Å². The molecule has 0 bridgehead atoms. The lowest BCUT2D eigenvalue weighted by Gasteiger charge is -2.44. The standard InChI is InChI=1S/C46H80NO2/c1-6-8-10-12-14-16-18-20-22-24-26-28-30-32-37-41-44(48)46(47(3,4)5,43-39-35-34-36-40-43)45(49)42-38-33-31-29-27-25-23-21-19-17-15-13-11-9-7-2/h20-23,34-36,39-40H,6-19,24-33,37-38,41-42H2,1-5H3/q+1. The van der Waals surface area contributed by atoms with E-state index in [4.69, 9.17) is 0 Å². The van der Waals surface area contributed by atoms with E-state index in [1.165, 1.54) is 116 Å². The predicted molar refractivity (Wildman–Crippen MR) is 215 cm³/mol. The molecule has 0 spiro atoms. The zero-order valence-electron chi connectivity index (χ0n) is 33.3. The van der Waals surface area contributed by atoms with Gasteiger partial charge in [-0.3, -0.25) is 9.59 Å². The van der Waals surface area contributed by atoms with Crippen LogP contribution in [0.15, 0.2) is 54.6 Å². The summed E-state index contributed by atoms with van der Waals surface area (Å²) in [7, 11) is 6.09. The Morgan fingerprint density at radius 3 is 1.10 bits per heavy atom. The lowest BCUT2D eigenvalue weighted by molar-refractivity contribution is -0.909. The maximum Gasteiger partial charge on any atom is 0.242 e. The zero-order valence-corrected chi connectivity index (χ0v) is 33.3. The maximum atomic E-state index is 14.2. The SMILES string of the molecule is CCCCCCCCC=CCCCCCCCC(=O)C(C(=O)CCCCCCCC=CCCCCCCCC)(c1ccccc1)[N+](C)(C)C. The van der Waals surface area contributed by atoms with E-state index < -0.39 is 5.54 Å². The maximum absolute atomic E-state index is 14.2. The van der Waals surface area contributed by atoms with E-state index in [2.05, 4.69) is 38.2 Å². The van der Waals surface area contributed by atoms with Gasteiger partial charge in [-0.25, -0.2) is 0 Å². The molecule has 0 saturated carbocycles. The highest BCUT2D eigenvalue weighted by atomic mass is 16.2. The lowest BCUT2D eigenvalue weighted by atomic mass is 9.75. The molecule has 0 aliphatic carbocycles. The molecule has 0 unspecified atom stereocenters. The number of quaternary nitrogens is 1. The number of allylic oxidation sites excluding steroid dienone is 4. The fourth-order valence-corrected chi connectivity index (χ4v) is 7.37. The predicted octanol–water partition coefficient (Wildman–Crippen LogP) is 13.8. The second-order valence-electron chi connectivity index (χ2n) is 15.6. The smallest absolute Gasteiger partial charge is 0.242 e. The van der Waals surface area contributed by atoms with Crippen LogP contribution in [0, 0.1) is 0 Å². The molecule has 3 heteroatoms. The van der Waals surface area contributed by atoms with Crippen LogP contribution in [0.1, 0.15) is 199 Å². The normalized spacial score (nSPS) is 13.4. The molecule has 0 N–H and O–H groups in total. The number of carbonyl (C=O) groups excluding carboxylic acids is 2. The zero-order chi connectivity index (χ0) is 35.9. The van der Waals surface area contributed by atoms with E-state index in [0.717, 1.165) is 56.9 Å². The average molecular weight is 679 g/mol. The van der Waals surface area contributed by atoms with Crippen molar-refractivity contribution in [2.24, 2.45) is 0 Å². The van der Waals surface area contributed by atoms with Gasteiger partial charge in [-0.1, -0.05) is 171 Å². The molecule has 0 heterocycles. The van der Waals surface area contributed by atoms with Gasteiger partial charge in [0.05, 0.1) is 21.1 Å². The van der Waals surface area contributed by atoms with Gasteiger partial charge in [0.15, 0.2) is 0 Å². The summed E-state index contributed by atoms with van der Waals surface area (Å²) in [6.07, 6.45) is 42.6. The van der Waals surface area contributed by atoms with Gasteiger partial charge >= 0.3 is 0 Å². The number of benzene rings is 1. The summed E-state index contributed by atoms with van der Waals surface area (Å²) in [4.78, 5) is 28.4. The number of carbonyl (C=O) groups is 2. The van der Waals surface area contributed by atoms with Crippen molar-refractivity contribution in [2.45, 2.75) is 199 Å². The first-order valence-electron chi connectivity index (χ1n) is 21.1. The van der Waals surface area contributed by atoms with Gasteiger partial charge in [0, 0.05) is 18.4 Å². The average Bonchev–Trinajstić information content (AvgIpc) is 3.08. The van der Waals surface area contributed by atoms with Gasteiger partial charge in [0.1, 0.15) is 0 Å². The Morgan fingerprint density at radius 1 is 0.469 bits per heavy atom. The third-order valence-electron chi connectivity index (χ3n) is 10.3. The first kappa shape index (κ1) is 45.0. The molecule has 0 aliphatic heterocycles. The summed E-state index contributed by atoms with van der Waals surface area (Å²) in [6, 6.07) is 9.93. The molecule has 0 saturated heterocycles. The minimum Gasteiger partial charge on any atom is -0.310 e. The summed E-state index contributed by atoms with van der Waals surface area (Å²) >= 11 is 0. The van der Waals surface area contributed by atoms with Gasteiger partial charge in [0.25, 0.3) is 0 Å². The highest BCUT2D eigenvalue weighted by Crippen LogP contribution is 2.37. The molecule has 1 aromatic rings. The third-order valence-corrected chi connectivity index (χ3v) is 10.3. The quantitative estimate of drug-likeness (QED) is 0.0315. The molecule has 0 fully saturated rings. The van der Waals surface area contributed by atoms with Crippen molar-refractivity contribution < 1.29 is 14.1 Å². The van der Waals surface area contributed by atoms with Crippen molar-refractivity contribution in [1.82, 2.24) is 0 Å². The monoisotopic (exact) mass is 679 g/mol. The van der Waals surface area contributed by atoms with E-state index in [1.54, 1.807) is 0 Å². The molecule has 0 atom stereocenters. The summed E-state index contributed by atoms with van der Waals surface area (Å²) in [5, 5.41) is 0. The highest BCUT2D eigenvalue weighted by Gasteiger charge is 2.56. The largest absolute Gasteiger partial charge is 0.310 e. The molecular weight excluding hydrogens is 599 g/mol. The summed E-state index contributed by atoms with van der Waals surface area (Å²) in [5.74, 6) is 0.197. The fraction of sp³-hybridized carbons (Fsp3) is 0.739. The van der Waals surface area contributed by atoms with E-state index in [1.807, 2.05) is 51.5 Å². The molecular formula is C46H80NO2+. The first-order chi connectivity index (χ1) is 23.8. The molecule has 0 amide bonds. The Balaban J connectivity index is 2.46. The van der Waals surface area contributed by atoms with Crippen LogP contribution in [0.25, 0.3) is 0 Å². The number of ketones is 2. The Labute approximate surface area is 305 Å². The number of likely N-dealkylation sites (N-methyl/N-ethyl adjacent to an activating group) is 1. The van der Waals surface area contributed by atoms with Crippen molar-refractivity contribution in [1.29, 1.82) is 0 Å². The fourth-order valence-electron chi connectivity index (χ4n) is 7.37. The summed E-state index contributed by atoms with van der Waals surface area (Å²) < 4.78 is 0.310. The molecule has 1 rings (SSSR count). The molecule has 0 aromatic heterocycles. The van der Waals surface area contributed by atoms with Crippen LogP contribution in [-0.4, -0.2) is 37.2 Å². The second-order valence-corrected chi connectivity index (χ2v) is 15.6. The van der Waals surface area contributed by atoms with Crippen molar-refractivity contribution in [3.63, 3.8) is 0 Å². The van der Waals surface area contributed by atoms with Crippen LogP contribution in [0.3, 0.4) is 0 Å². The highest BCUT2D eigenvalue weighted by molar-refractivity contribution is 6.10. The third kappa shape index (κ3) is 19.8. The van der Waals surface area contributed by atoms with Gasteiger partial charge < -0.3 is 4.48 Å². The molecule has 0 radical (unpaired) electrons. The molecule has 1 aromatic carbocycles. The Hall–Kier alpha value is -2.00. The molecule has 0 aliphatic rings. The summed E-state index contributed by atoms with van der Waals surface area (Å²) in [6.45, 7) is 4.55. The number of nitrogens with zero attached hydrogens (tertiary/aromatic N) is 1. The Morgan fingerprint density at radius 2 is 0.776 bits per heavy atom. The summed E-state index contributed by atoms with van der Waals surface area (Å²) in [5.41, 5.74) is -0.277. The van der Waals surface area contributed by atoms with E-state index in [0.29, 0.717) is 17.3 Å². The van der Waals surface area contributed by atoms with Crippen LogP contribution in [-0.2, 0) is 15.1 Å². The van der Waals surface area contributed by atoms with Crippen LogP contribution < -0.4 is 0 Å². The number of unbranched alkanes of at least 4 members (excludes halogenated alkanes) is 22. The van der Waals surface area contributed by atoms with Gasteiger partial charge in [-0.15, -0.1) is 0 Å². The topological polar surface area (TPSA) is 34.1 Å². The van der Waals surface area contributed by atoms with Crippen LogP contribution in [0.5, 0.6) is 0 Å². The van der Waals surface area contributed by atoms with E-state index >= 15 is 0 Å². The molecule has 3 nitrogen and oxygen atoms in total.